The molecule has 0 N–H and O–H groups in total. The van der Waals surface area contributed by atoms with Gasteiger partial charge in [0.2, 0.25) is 0 Å². The third-order valence-electron chi connectivity index (χ3n) is 0.561. The quantitative estimate of drug-likeness (QED) is 0.483. The molecule has 3 nitrogen and oxygen atoms in total. The van der Waals surface area contributed by atoms with Gasteiger partial charge in [0.05, 0.1) is 0 Å². The van der Waals surface area contributed by atoms with Crippen LogP contribution < -0.4 is 4.61 Å². The molecule has 0 spiro atoms. The van der Waals surface area contributed by atoms with Crippen LogP contribution in [0.15, 0.2) is 6.33 Å². The predicted octanol–water partition coefficient (Wildman–Crippen LogP) is -1.22. The van der Waals surface area contributed by atoms with E-state index in [1.54, 1.807) is 0 Å². The molecule has 1 aromatic heterocycles. The normalized spacial score (nSPS) is 9.25. The molecular weight excluding hydrogens is 188 g/mol. The van der Waals surface area contributed by atoms with E-state index in [4.69, 9.17) is 11.6 Å². The molecule has 1 aromatic rings. The molecule has 8 heavy (non-hydrogen) atoms. The Morgan fingerprint density at radius 2 is 2.25 bits per heavy atom. The molecule has 0 aromatic carbocycles. The maximum atomic E-state index is 5.39. The van der Waals surface area contributed by atoms with Crippen molar-refractivity contribution in [3.8, 4) is 0 Å². The molecular formula is C3H3AsClN3. The summed E-state index contributed by atoms with van der Waals surface area (Å²) in [6.45, 7) is 0. The fourth-order valence-corrected chi connectivity index (χ4v) is 0.986. The first-order chi connectivity index (χ1) is 3.79. The molecule has 0 aliphatic carbocycles. The monoisotopic (exact) mass is 191 g/mol. The van der Waals surface area contributed by atoms with Crippen LogP contribution in [0.2, 0.25) is 5.28 Å². The minimum atomic E-state index is 0.263. The number of hydrogen-bond acceptors (Lipinski definition) is 3. The van der Waals surface area contributed by atoms with Crippen LogP contribution >= 0.6 is 11.6 Å². The molecule has 0 radical (unpaired) electrons. The van der Waals surface area contributed by atoms with Crippen molar-refractivity contribution in [2.24, 2.45) is 0 Å². The Bertz CT molecular complexity index is 174. The molecule has 1 atom stereocenters. The molecule has 1 heterocycles. The summed E-state index contributed by atoms with van der Waals surface area (Å²) in [5.74, 6) is 0. The Kier molecular flexibility index (Phi) is 1.81. The minimum absolute atomic E-state index is 0.263. The fraction of sp³-hybridized carbons (Fsp3) is 0. The van der Waals surface area contributed by atoms with Crippen molar-refractivity contribution in [3.05, 3.63) is 11.6 Å². The third kappa shape index (κ3) is 1.42. The fourth-order valence-electron chi connectivity index (χ4n) is 0.288. The number of halogens is 1. The summed E-state index contributed by atoms with van der Waals surface area (Å²) in [6, 6.07) is 0. The standard InChI is InChI=1S/C3H3AsClN3/c4-2-6-1-7-3(5)8-2/h1H,4H2. The number of aromatic nitrogens is 3. The number of nitrogens with zero attached hydrogens (tertiary/aromatic N) is 3. The van der Waals surface area contributed by atoms with E-state index in [1.165, 1.54) is 23.2 Å². The number of hydrogen-bond donors (Lipinski definition) is 0. The molecule has 1 unspecified atom stereocenters. The first-order valence-electron chi connectivity index (χ1n) is 1.89. The van der Waals surface area contributed by atoms with Gasteiger partial charge in [-0.15, -0.1) is 0 Å². The van der Waals surface area contributed by atoms with E-state index < -0.39 is 0 Å². The Balaban J connectivity index is 3.08. The molecule has 0 saturated heterocycles. The summed E-state index contributed by atoms with van der Waals surface area (Å²) >= 11 is 6.73. The Hall–Kier alpha value is -0.142. The van der Waals surface area contributed by atoms with Crippen molar-refractivity contribution >= 4 is 33.1 Å². The van der Waals surface area contributed by atoms with E-state index in [0.717, 1.165) is 0 Å². The van der Waals surface area contributed by atoms with Crippen molar-refractivity contribution in [1.82, 2.24) is 15.0 Å². The van der Waals surface area contributed by atoms with Gasteiger partial charge in [0.25, 0.3) is 0 Å². The average molecular weight is 191 g/mol. The van der Waals surface area contributed by atoms with Crippen molar-refractivity contribution in [3.63, 3.8) is 0 Å². The summed E-state index contributed by atoms with van der Waals surface area (Å²) in [6.07, 6.45) is 1.40. The second-order valence-electron chi connectivity index (χ2n) is 1.11. The van der Waals surface area contributed by atoms with Gasteiger partial charge in [0.15, 0.2) is 0 Å². The zero-order valence-corrected chi connectivity index (χ0v) is 7.05. The van der Waals surface area contributed by atoms with Crippen LogP contribution in [0, 0.1) is 0 Å². The summed E-state index contributed by atoms with van der Waals surface area (Å²) in [4.78, 5) is 11.1. The van der Waals surface area contributed by atoms with Gasteiger partial charge in [0, 0.05) is 0 Å². The zero-order valence-electron chi connectivity index (χ0n) is 3.87. The van der Waals surface area contributed by atoms with E-state index >= 15 is 0 Å². The van der Waals surface area contributed by atoms with E-state index in [2.05, 4.69) is 15.0 Å². The molecule has 42 valence electrons. The predicted molar refractivity (Wildman–Crippen MR) is 33.0 cm³/mol. The third-order valence-corrected chi connectivity index (χ3v) is 1.33. The summed E-state index contributed by atoms with van der Waals surface area (Å²) in [5.41, 5.74) is 0. The summed E-state index contributed by atoms with van der Waals surface area (Å²) < 4.78 is 0.706. The van der Waals surface area contributed by atoms with Crippen LogP contribution in [0.3, 0.4) is 0 Å². The summed E-state index contributed by atoms with van der Waals surface area (Å²) in [7, 11) is 0. The van der Waals surface area contributed by atoms with Gasteiger partial charge in [-0.2, -0.15) is 0 Å². The average Bonchev–Trinajstić information content (AvgIpc) is 1.64. The Morgan fingerprint density at radius 3 is 2.62 bits per heavy atom. The van der Waals surface area contributed by atoms with Crippen molar-refractivity contribution in [2.75, 3.05) is 0 Å². The maximum absolute atomic E-state index is 5.39. The van der Waals surface area contributed by atoms with Crippen molar-refractivity contribution < 1.29 is 0 Å². The van der Waals surface area contributed by atoms with Crippen molar-refractivity contribution in [1.29, 1.82) is 0 Å². The molecule has 0 saturated carbocycles. The van der Waals surface area contributed by atoms with E-state index in [1.807, 2.05) is 0 Å². The van der Waals surface area contributed by atoms with Gasteiger partial charge < -0.3 is 0 Å². The van der Waals surface area contributed by atoms with Crippen LogP contribution in [-0.2, 0) is 0 Å². The first kappa shape index (κ1) is 5.99. The number of rotatable bonds is 0. The van der Waals surface area contributed by atoms with Gasteiger partial charge >= 0.3 is 59.6 Å². The molecule has 0 amide bonds. The Morgan fingerprint density at radius 1 is 1.50 bits per heavy atom. The molecule has 1 rings (SSSR count). The second kappa shape index (κ2) is 2.42. The van der Waals surface area contributed by atoms with Gasteiger partial charge in [-0.3, -0.25) is 0 Å². The van der Waals surface area contributed by atoms with E-state index in [9.17, 15) is 0 Å². The molecule has 0 aliphatic rings. The van der Waals surface area contributed by atoms with Gasteiger partial charge in [-0.1, -0.05) is 0 Å². The van der Waals surface area contributed by atoms with E-state index in [-0.39, 0.29) is 5.28 Å². The molecule has 0 bridgehead atoms. The van der Waals surface area contributed by atoms with Crippen LogP contribution in [0.25, 0.3) is 0 Å². The van der Waals surface area contributed by atoms with Gasteiger partial charge in [-0.25, -0.2) is 0 Å². The Labute approximate surface area is 60.0 Å². The van der Waals surface area contributed by atoms with Gasteiger partial charge in [-0.05, 0) is 0 Å². The topological polar surface area (TPSA) is 38.7 Å². The van der Waals surface area contributed by atoms with Crippen molar-refractivity contribution in [2.45, 2.75) is 0 Å². The zero-order chi connectivity index (χ0) is 5.98. The van der Waals surface area contributed by atoms with Crippen LogP contribution in [-0.4, -0.2) is 31.8 Å². The first-order valence-corrected chi connectivity index (χ1v) is 3.48. The van der Waals surface area contributed by atoms with Crippen LogP contribution in [0.5, 0.6) is 0 Å². The second-order valence-corrected chi connectivity index (χ2v) is 2.53. The molecule has 0 fully saturated rings. The van der Waals surface area contributed by atoms with Crippen LogP contribution in [0.4, 0.5) is 0 Å². The SMILES string of the molecule is Clc1ncnc([AsH2])n1. The van der Waals surface area contributed by atoms with Gasteiger partial charge in [0.1, 0.15) is 0 Å². The van der Waals surface area contributed by atoms with E-state index in [0.29, 0.717) is 4.61 Å². The van der Waals surface area contributed by atoms with Crippen LogP contribution in [0.1, 0.15) is 0 Å². The molecule has 5 heteroatoms. The molecule has 0 aliphatic heterocycles. The summed E-state index contributed by atoms with van der Waals surface area (Å²) in [5, 5.41) is 0.263.